The molecule has 1 aliphatic rings. The average molecular weight is 289 g/mol. The SMILES string of the molecule is CCC1CCC(O)(CNC(c2ccccc2)C(C)C)CC1. The predicted octanol–water partition coefficient (Wildman–Crippen LogP) is 4.30. The molecule has 118 valence electrons. The summed E-state index contributed by atoms with van der Waals surface area (Å²) < 4.78 is 0. The van der Waals surface area contributed by atoms with Crippen molar-refractivity contribution in [2.45, 2.75) is 64.5 Å². The number of nitrogens with one attached hydrogen (secondary N) is 1. The Morgan fingerprint density at radius 1 is 1.19 bits per heavy atom. The first-order chi connectivity index (χ1) is 10.0. The van der Waals surface area contributed by atoms with E-state index in [-0.39, 0.29) is 0 Å². The van der Waals surface area contributed by atoms with E-state index in [0.29, 0.717) is 18.5 Å². The van der Waals surface area contributed by atoms with Gasteiger partial charge in [-0.05, 0) is 43.1 Å². The van der Waals surface area contributed by atoms with E-state index in [4.69, 9.17) is 0 Å². The highest BCUT2D eigenvalue weighted by Crippen LogP contribution is 2.34. The van der Waals surface area contributed by atoms with E-state index in [2.05, 4.69) is 56.4 Å². The van der Waals surface area contributed by atoms with Crippen molar-refractivity contribution in [3.05, 3.63) is 35.9 Å². The molecule has 1 unspecified atom stereocenters. The molecule has 1 aromatic rings. The van der Waals surface area contributed by atoms with Crippen LogP contribution in [0.15, 0.2) is 30.3 Å². The fourth-order valence-corrected chi connectivity index (χ4v) is 3.50. The minimum absolute atomic E-state index is 0.319. The molecule has 2 N–H and O–H groups in total. The number of hydrogen-bond donors (Lipinski definition) is 2. The van der Waals surface area contributed by atoms with Gasteiger partial charge in [0.25, 0.3) is 0 Å². The molecule has 2 rings (SSSR count). The Bertz CT molecular complexity index is 407. The van der Waals surface area contributed by atoms with Crippen LogP contribution in [0.5, 0.6) is 0 Å². The van der Waals surface area contributed by atoms with Crippen molar-refractivity contribution < 1.29 is 5.11 Å². The third kappa shape index (κ3) is 4.55. The van der Waals surface area contributed by atoms with E-state index in [9.17, 15) is 5.11 Å². The molecule has 0 saturated heterocycles. The summed E-state index contributed by atoms with van der Waals surface area (Å²) >= 11 is 0. The number of rotatable bonds is 6. The zero-order valence-corrected chi connectivity index (χ0v) is 13.8. The van der Waals surface area contributed by atoms with Gasteiger partial charge in [0, 0.05) is 12.6 Å². The van der Waals surface area contributed by atoms with Crippen molar-refractivity contribution in [2.24, 2.45) is 11.8 Å². The van der Waals surface area contributed by atoms with Crippen LogP contribution in [0, 0.1) is 11.8 Å². The van der Waals surface area contributed by atoms with Crippen LogP contribution < -0.4 is 5.32 Å². The third-order valence-electron chi connectivity index (χ3n) is 5.09. The van der Waals surface area contributed by atoms with E-state index < -0.39 is 5.60 Å². The van der Waals surface area contributed by atoms with E-state index in [0.717, 1.165) is 18.8 Å². The first-order valence-electron chi connectivity index (χ1n) is 8.55. The Morgan fingerprint density at radius 2 is 1.81 bits per heavy atom. The Kier molecular flexibility index (Phi) is 5.83. The second-order valence-corrected chi connectivity index (χ2v) is 7.09. The Labute approximate surface area is 130 Å². The summed E-state index contributed by atoms with van der Waals surface area (Å²) in [7, 11) is 0. The van der Waals surface area contributed by atoms with Gasteiger partial charge in [-0.15, -0.1) is 0 Å². The predicted molar refractivity (Wildman–Crippen MR) is 89.2 cm³/mol. The summed E-state index contributed by atoms with van der Waals surface area (Å²) in [6.45, 7) is 7.45. The number of benzene rings is 1. The van der Waals surface area contributed by atoms with Gasteiger partial charge in [-0.1, -0.05) is 57.5 Å². The highest BCUT2D eigenvalue weighted by molar-refractivity contribution is 5.19. The molecule has 1 atom stereocenters. The minimum Gasteiger partial charge on any atom is -0.389 e. The lowest BCUT2D eigenvalue weighted by molar-refractivity contribution is -0.0117. The van der Waals surface area contributed by atoms with Crippen molar-refractivity contribution >= 4 is 0 Å². The minimum atomic E-state index is -0.506. The molecule has 1 aromatic carbocycles. The van der Waals surface area contributed by atoms with Crippen molar-refractivity contribution in [1.29, 1.82) is 0 Å². The first-order valence-corrected chi connectivity index (χ1v) is 8.55. The third-order valence-corrected chi connectivity index (χ3v) is 5.09. The Morgan fingerprint density at radius 3 is 2.33 bits per heavy atom. The average Bonchev–Trinajstić information content (AvgIpc) is 2.49. The molecule has 0 aromatic heterocycles. The van der Waals surface area contributed by atoms with Gasteiger partial charge >= 0.3 is 0 Å². The number of hydrogen-bond acceptors (Lipinski definition) is 2. The lowest BCUT2D eigenvalue weighted by atomic mass is 9.77. The van der Waals surface area contributed by atoms with Crippen LogP contribution in [0.2, 0.25) is 0 Å². The summed E-state index contributed by atoms with van der Waals surface area (Å²) in [5.74, 6) is 1.34. The summed E-state index contributed by atoms with van der Waals surface area (Å²) in [6.07, 6.45) is 5.48. The molecule has 2 nitrogen and oxygen atoms in total. The van der Waals surface area contributed by atoms with Gasteiger partial charge in [0.1, 0.15) is 0 Å². The molecule has 0 spiro atoms. The molecule has 1 aliphatic carbocycles. The van der Waals surface area contributed by atoms with E-state index >= 15 is 0 Å². The highest BCUT2D eigenvalue weighted by atomic mass is 16.3. The van der Waals surface area contributed by atoms with Gasteiger partial charge in [-0.3, -0.25) is 0 Å². The van der Waals surface area contributed by atoms with Crippen LogP contribution >= 0.6 is 0 Å². The van der Waals surface area contributed by atoms with Crippen molar-refractivity contribution in [2.75, 3.05) is 6.54 Å². The van der Waals surface area contributed by atoms with Crippen molar-refractivity contribution in [3.63, 3.8) is 0 Å². The largest absolute Gasteiger partial charge is 0.389 e. The smallest absolute Gasteiger partial charge is 0.0772 e. The van der Waals surface area contributed by atoms with E-state index in [1.54, 1.807) is 0 Å². The normalized spacial score (nSPS) is 27.8. The monoisotopic (exact) mass is 289 g/mol. The molecule has 0 heterocycles. The quantitative estimate of drug-likeness (QED) is 0.818. The molecule has 2 heteroatoms. The van der Waals surface area contributed by atoms with Crippen LogP contribution in [-0.2, 0) is 0 Å². The van der Waals surface area contributed by atoms with Gasteiger partial charge < -0.3 is 10.4 Å². The van der Waals surface area contributed by atoms with Gasteiger partial charge in [-0.2, -0.15) is 0 Å². The molecule has 0 amide bonds. The lowest BCUT2D eigenvalue weighted by Gasteiger charge is -2.37. The van der Waals surface area contributed by atoms with Gasteiger partial charge in [-0.25, -0.2) is 0 Å². The first kappa shape index (κ1) is 16.5. The summed E-state index contributed by atoms with van der Waals surface area (Å²) in [6, 6.07) is 10.9. The standard InChI is InChI=1S/C19H31NO/c1-4-16-10-12-19(21,13-11-16)14-20-18(15(2)3)17-8-6-5-7-9-17/h5-9,15-16,18,20-21H,4,10-14H2,1-3H3. The van der Waals surface area contributed by atoms with Crippen LogP contribution in [0.3, 0.4) is 0 Å². The fourth-order valence-electron chi connectivity index (χ4n) is 3.50. The maximum Gasteiger partial charge on any atom is 0.0772 e. The molecule has 1 fully saturated rings. The molecular formula is C19H31NO. The van der Waals surface area contributed by atoms with Gasteiger partial charge in [0.2, 0.25) is 0 Å². The maximum absolute atomic E-state index is 10.8. The molecule has 0 radical (unpaired) electrons. The fraction of sp³-hybridized carbons (Fsp3) is 0.684. The lowest BCUT2D eigenvalue weighted by Crippen LogP contribution is -2.45. The maximum atomic E-state index is 10.8. The molecule has 21 heavy (non-hydrogen) atoms. The second-order valence-electron chi connectivity index (χ2n) is 7.09. The van der Waals surface area contributed by atoms with Crippen LogP contribution in [0.4, 0.5) is 0 Å². The molecule has 0 aliphatic heterocycles. The topological polar surface area (TPSA) is 32.3 Å². The van der Waals surface area contributed by atoms with Crippen molar-refractivity contribution in [1.82, 2.24) is 5.32 Å². The summed E-state index contributed by atoms with van der Waals surface area (Å²) in [4.78, 5) is 0. The van der Waals surface area contributed by atoms with Crippen LogP contribution in [-0.4, -0.2) is 17.3 Å². The zero-order chi connectivity index (χ0) is 15.3. The Hall–Kier alpha value is -0.860. The molecule has 1 saturated carbocycles. The zero-order valence-electron chi connectivity index (χ0n) is 13.8. The second kappa shape index (κ2) is 7.42. The van der Waals surface area contributed by atoms with E-state index in [1.807, 2.05) is 0 Å². The van der Waals surface area contributed by atoms with Gasteiger partial charge in [0.05, 0.1) is 5.60 Å². The number of aliphatic hydroxyl groups is 1. The highest BCUT2D eigenvalue weighted by Gasteiger charge is 2.33. The van der Waals surface area contributed by atoms with E-state index in [1.165, 1.54) is 24.8 Å². The van der Waals surface area contributed by atoms with Crippen molar-refractivity contribution in [3.8, 4) is 0 Å². The Balaban J connectivity index is 1.93. The molecular weight excluding hydrogens is 258 g/mol. The summed E-state index contributed by atoms with van der Waals surface area (Å²) in [5, 5.41) is 14.4. The summed E-state index contributed by atoms with van der Waals surface area (Å²) in [5.41, 5.74) is 0.812. The molecule has 0 bridgehead atoms. The van der Waals surface area contributed by atoms with Crippen LogP contribution in [0.25, 0.3) is 0 Å². The van der Waals surface area contributed by atoms with Gasteiger partial charge in [0.15, 0.2) is 0 Å². The van der Waals surface area contributed by atoms with Crippen LogP contribution in [0.1, 0.15) is 64.5 Å².